The minimum atomic E-state index is -1.54. The van der Waals surface area contributed by atoms with E-state index in [0.717, 1.165) is 70.6 Å². The molecule has 0 aliphatic carbocycles. The van der Waals surface area contributed by atoms with E-state index in [4.69, 9.17) is 18.9 Å². The van der Waals surface area contributed by atoms with Gasteiger partial charge in [0.05, 0.1) is 19.8 Å². The smallest absolute Gasteiger partial charge is 0.306 e. The summed E-state index contributed by atoms with van der Waals surface area (Å²) in [6.07, 6.45) is 53.0. The van der Waals surface area contributed by atoms with Gasteiger partial charge in [-0.25, -0.2) is 0 Å². The van der Waals surface area contributed by atoms with Crippen LogP contribution < -0.4 is 0 Å². The van der Waals surface area contributed by atoms with Crippen molar-refractivity contribution >= 4 is 5.97 Å². The van der Waals surface area contributed by atoms with E-state index in [-0.39, 0.29) is 19.2 Å². The largest absolute Gasteiger partial charge is 0.457 e. The van der Waals surface area contributed by atoms with E-state index < -0.39 is 43.4 Å². The number of aliphatic hydroxyl groups excluding tert-OH is 4. The first-order valence-electron chi connectivity index (χ1n) is 27.2. The van der Waals surface area contributed by atoms with Crippen LogP contribution in [0.15, 0.2) is 48.6 Å². The number of carbonyl (C=O) groups is 1. The zero-order valence-corrected chi connectivity index (χ0v) is 42.0. The van der Waals surface area contributed by atoms with Gasteiger partial charge in [-0.05, 0) is 51.4 Å². The fourth-order valence-electron chi connectivity index (χ4n) is 8.31. The third-order valence-corrected chi connectivity index (χ3v) is 12.5. The first-order chi connectivity index (χ1) is 31.9. The molecule has 0 amide bonds. The van der Waals surface area contributed by atoms with Crippen LogP contribution in [0.5, 0.6) is 0 Å². The summed E-state index contributed by atoms with van der Waals surface area (Å²) in [4.78, 5) is 12.9. The molecular weight excluding hydrogens is 817 g/mol. The molecule has 0 saturated carbocycles. The van der Waals surface area contributed by atoms with Crippen LogP contribution in [-0.2, 0) is 23.7 Å². The minimum absolute atomic E-state index is 0.120. The first kappa shape index (κ1) is 61.2. The maximum atomic E-state index is 12.9. The molecule has 380 valence electrons. The highest BCUT2D eigenvalue weighted by Crippen LogP contribution is 2.23. The molecular formula is C56H102O9. The summed E-state index contributed by atoms with van der Waals surface area (Å²) in [5, 5.41) is 40.3. The molecule has 0 spiro atoms. The summed E-state index contributed by atoms with van der Waals surface area (Å²) in [6.45, 7) is 4.44. The fourth-order valence-corrected chi connectivity index (χ4v) is 8.31. The van der Waals surface area contributed by atoms with Crippen LogP contribution in [0.25, 0.3) is 0 Å². The highest BCUT2D eigenvalue weighted by molar-refractivity contribution is 5.69. The van der Waals surface area contributed by atoms with Gasteiger partial charge in [-0.2, -0.15) is 0 Å². The molecule has 0 radical (unpaired) electrons. The van der Waals surface area contributed by atoms with Gasteiger partial charge in [0.25, 0.3) is 0 Å². The number of hydrogen-bond donors (Lipinski definition) is 4. The van der Waals surface area contributed by atoms with Gasteiger partial charge in [-0.15, -0.1) is 0 Å². The highest BCUT2D eigenvalue weighted by Gasteiger charge is 2.44. The van der Waals surface area contributed by atoms with Gasteiger partial charge in [0.1, 0.15) is 30.5 Å². The van der Waals surface area contributed by atoms with Gasteiger partial charge in [0.2, 0.25) is 0 Å². The SMILES string of the molecule is CC/C=C\C/C=C\C/C=C\C/C=C\CCCCCCCOCC(COC1OC(CO)C(O)C(O)C1O)OC(=O)CCCCCCCCCCCCCCCCCCCCCCCCCC. The molecule has 1 fully saturated rings. The maximum absolute atomic E-state index is 12.9. The van der Waals surface area contributed by atoms with Crippen LogP contribution in [0, 0.1) is 0 Å². The van der Waals surface area contributed by atoms with Gasteiger partial charge in [0.15, 0.2) is 6.29 Å². The molecule has 0 bridgehead atoms. The van der Waals surface area contributed by atoms with Crippen molar-refractivity contribution in [1.82, 2.24) is 0 Å². The lowest BCUT2D eigenvalue weighted by molar-refractivity contribution is -0.305. The molecule has 9 heteroatoms. The van der Waals surface area contributed by atoms with Gasteiger partial charge < -0.3 is 39.4 Å². The number of ether oxygens (including phenoxy) is 4. The quantitative estimate of drug-likeness (QED) is 0.0267. The molecule has 1 heterocycles. The molecule has 1 aliphatic rings. The van der Waals surface area contributed by atoms with Crippen molar-refractivity contribution in [3.05, 3.63) is 48.6 Å². The second-order valence-corrected chi connectivity index (χ2v) is 18.7. The van der Waals surface area contributed by atoms with Crippen molar-refractivity contribution in [1.29, 1.82) is 0 Å². The summed E-state index contributed by atoms with van der Waals surface area (Å²) in [6, 6.07) is 0. The second kappa shape index (κ2) is 47.2. The Bertz CT molecular complexity index is 1140. The zero-order valence-electron chi connectivity index (χ0n) is 42.0. The van der Waals surface area contributed by atoms with Gasteiger partial charge in [-0.1, -0.05) is 229 Å². The van der Waals surface area contributed by atoms with E-state index in [1.54, 1.807) is 0 Å². The van der Waals surface area contributed by atoms with E-state index in [9.17, 15) is 25.2 Å². The Morgan fingerprint density at radius 2 is 0.938 bits per heavy atom. The Kier molecular flexibility index (Phi) is 44.4. The average Bonchev–Trinajstić information content (AvgIpc) is 3.31. The Hall–Kier alpha value is -1.85. The van der Waals surface area contributed by atoms with E-state index in [1.807, 2.05) is 0 Å². The molecule has 0 aromatic heterocycles. The van der Waals surface area contributed by atoms with Crippen LogP contribution in [-0.4, -0.2) is 89.6 Å². The Balaban J connectivity index is 2.17. The van der Waals surface area contributed by atoms with Crippen molar-refractivity contribution in [2.75, 3.05) is 26.4 Å². The molecule has 9 nitrogen and oxygen atoms in total. The van der Waals surface area contributed by atoms with Crippen molar-refractivity contribution in [3.8, 4) is 0 Å². The first-order valence-corrected chi connectivity index (χ1v) is 27.2. The number of rotatable bonds is 47. The molecule has 0 aromatic carbocycles. The molecule has 6 unspecified atom stereocenters. The third-order valence-electron chi connectivity index (χ3n) is 12.5. The van der Waals surface area contributed by atoms with E-state index in [1.165, 1.54) is 148 Å². The number of allylic oxidation sites excluding steroid dienone is 8. The molecule has 4 N–H and O–H groups in total. The van der Waals surface area contributed by atoms with Crippen molar-refractivity contribution in [2.24, 2.45) is 0 Å². The number of aliphatic hydroxyl groups is 4. The lowest BCUT2D eigenvalue weighted by Gasteiger charge is -2.39. The maximum Gasteiger partial charge on any atom is 0.306 e. The molecule has 1 saturated heterocycles. The number of unbranched alkanes of at least 4 members (excludes halogenated alkanes) is 28. The van der Waals surface area contributed by atoms with Gasteiger partial charge in [-0.3, -0.25) is 4.79 Å². The van der Waals surface area contributed by atoms with Crippen LogP contribution >= 0.6 is 0 Å². The van der Waals surface area contributed by atoms with E-state index in [2.05, 4.69) is 62.5 Å². The number of esters is 1. The number of carbonyl (C=O) groups excluding carboxylic acids is 1. The van der Waals surface area contributed by atoms with E-state index >= 15 is 0 Å². The summed E-state index contributed by atoms with van der Waals surface area (Å²) in [5.74, 6) is -0.317. The summed E-state index contributed by atoms with van der Waals surface area (Å²) >= 11 is 0. The van der Waals surface area contributed by atoms with Crippen molar-refractivity contribution in [2.45, 2.75) is 275 Å². The predicted octanol–water partition coefficient (Wildman–Crippen LogP) is 13.6. The molecule has 6 atom stereocenters. The predicted molar refractivity (Wildman–Crippen MR) is 270 cm³/mol. The molecule has 0 aromatic rings. The number of hydrogen-bond acceptors (Lipinski definition) is 9. The Morgan fingerprint density at radius 1 is 0.508 bits per heavy atom. The Labute approximate surface area is 399 Å². The second-order valence-electron chi connectivity index (χ2n) is 18.7. The molecule has 1 aliphatic heterocycles. The highest BCUT2D eigenvalue weighted by atomic mass is 16.7. The summed E-state index contributed by atoms with van der Waals surface area (Å²) < 4.78 is 22.9. The lowest BCUT2D eigenvalue weighted by Crippen LogP contribution is -2.59. The zero-order chi connectivity index (χ0) is 47.1. The van der Waals surface area contributed by atoms with Crippen LogP contribution in [0.4, 0.5) is 0 Å². The van der Waals surface area contributed by atoms with Crippen molar-refractivity contribution in [3.63, 3.8) is 0 Å². The standard InChI is InChI=1S/C56H102O9/c1-3-5-7-9-11-13-15-17-19-21-23-24-25-26-27-28-29-31-33-35-37-39-41-43-45-52(58)64-50(49-63-56-55(61)54(60)53(59)51(47-57)65-56)48-62-46-44-42-40-38-36-34-32-30-22-20-18-16-14-12-10-8-6-4-2/h6,8,12,14,18,20,30,32,50-51,53-57,59-61H,3-5,7,9-11,13,15-17,19,21-29,31,33-49H2,1-2H3/b8-6-,14-12-,20-18-,32-30-. The normalized spacial score (nSPS) is 19.8. The van der Waals surface area contributed by atoms with Crippen LogP contribution in [0.2, 0.25) is 0 Å². The minimum Gasteiger partial charge on any atom is -0.457 e. The van der Waals surface area contributed by atoms with Gasteiger partial charge in [0, 0.05) is 13.0 Å². The third kappa shape index (κ3) is 37.8. The van der Waals surface area contributed by atoms with Crippen molar-refractivity contribution < 1.29 is 44.2 Å². The summed E-state index contributed by atoms with van der Waals surface area (Å²) in [5.41, 5.74) is 0. The summed E-state index contributed by atoms with van der Waals surface area (Å²) in [7, 11) is 0. The van der Waals surface area contributed by atoms with Crippen LogP contribution in [0.1, 0.15) is 239 Å². The van der Waals surface area contributed by atoms with Gasteiger partial charge >= 0.3 is 5.97 Å². The molecule has 65 heavy (non-hydrogen) atoms. The lowest BCUT2D eigenvalue weighted by atomic mass is 9.99. The van der Waals surface area contributed by atoms with Crippen LogP contribution in [0.3, 0.4) is 0 Å². The topological polar surface area (TPSA) is 135 Å². The monoisotopic (exact) mass is 919 g/mol. The Morgan fingerprint density at radius 3 is 1.42 bits per heavy atom. The molecule has 1 rings (SSSR count). The average molecular weight is 919 g/mol. The fraction of sp³-hybridized carbons (Fsp3) is 0.839. The van der Waals surface area contributed by atoms with E-state index in [0.29, 0.717) is 13.0 Å².